The van der Waals surface area contributed by atoms with Crippen LogP contribution in [0.15, 0.2) is 12.1 Å². The molecule has 0 spiro atoms. The molecule has 2 aliphatic rings. The summed E-state index contributed by atoms with van der Waals surface area (Å²) >= 11 is 2.28. The molecule has 3 rings (SSSR count). The molecule has 16 heavy (non-hydrogen) atoms. The second-order valence-electron chi connectivity index (χ2n) is 4.91. The molecule has 0 unspecified atom stereocenters. The van der Waals surface area contributed by atoms with Gasteiger partial charge in [-0.05, 0) is 65.5 Å². The van der Waals surface area contributed by atoms with Gasteiger partial charge in [0.2, 0.25) is 0 Å². The Balaban J connectivity index is 1.93. The van der Waals surface area contributed by atoms with Gasteiger partial charge in [0.25, 0.3) is 5.91 Å². The highest BCUT2D eigenvalue weighted by Crippen LogP contribution is 2.34. The summed E-state index contributed by atoms with van der Waals surface area (Å²) in [5, 5.41) is 0. The van der Waals surface area contributed by atoms with E-state index in [4.69, 9.17) is 0 Å². The van der Waals surface area contributed by atoms with E-state index in [1.807, 2.05) is 4.90 Å². The summed E-state index contributed by atoms with van der Waals surface area (Å²) < 4.78 is 1.11. The maximum Gasteiger partial charge on any atom is 0.255 e. The van der Waals surface area contributed by atoms with Gasteiger partial charge in [-0.2, -0.15) is 0 Å². The Bertz CT molecular complexity index is 465. The van der Waals surface area contributed by atoms with Crippen LogP contribution in [0.1, 0.15) is 34.3 Å². The number of rotatable bonds is 2. The molecule has 1 fully saturated rings. The third-order valence-corrected chi connectivity index (χ3v) is 4.20. The third kappa shape index (κ3) is 1.75. The number of carbonyl (C=O) groups is 1. The van der Waals surface area contributed by atoms with Crippen LogP contribution in [0.4, 0.5) is 0 Å². The number of fused-ring (bicyclic) bond motifs is 1. The maximum atomic E-state index is 12.2. The molecule has 0 atom stereocenters. The van der Waals surface area contributed by atoms with Crippen LogP contribution in [-0.2, 0) is 6.54 Å². The monoisotopic (exact) mass is 327 g/mol. The fourth-order valence-corrected chi connectivity index (χ4v) is 3.44. The van der Waals surface area contributed by atoms with E-state index in [0.717, 1.165) is 28.1 Å². The molecule has 1 amide bonds. The first-order valence-electron chi connectivity index (χ1n) is 5.73. The first-order valence-corrected chi connectivity index (χ1v) is 6.81. The van der Waals surface area contributed by atoms with Crippen molar-refractivity contribution in [2.24, 2.45) is 5.92 Å². The lowest BCUT2D eigenvalue weighted by atomic mass is 10.1. The Kier molecular flexibility index (Phi) is 2.46. The molecule has 1 aliphatic heterocycles. The van der Waals surface area contributed by atoms with Crippen LogP contribution >= 0.6 is 22.6 Å². The summed E-state index contributed by atoms with van der Waals surface area (Å²) in [6.07, 6.45) is 2.60. The Morgan fingerprint density at radius 3 is 2.88 bits per heavy atom. The fourth-order valence-electron chi connectivity index (χ4n) is 2.37. The average Bonchev–Trinajstić information content (AvgIpc) is 2.93. The fraction of sp³-hybridized carbons (Fsp3) is 0.462. The smallest absolute Gasteiger partial charge is 0.255 e. The molecule has 0 aromatic heterocycles. The molecule has 0 radical (unpaired) electrons. The van der Waals surface area contributed by atoms with Crippen molar-refractivity contribution in [2.75, 3.05) is 6.54 Å². The normalized spacial score (nSPS) is 19.1. The number of halogens is 1. The maximum absolute atomic E-state index is 12.2. The van der Waals surface area contributed by atoms with Gasteiger partial charge in [-0.3, -0.25) is 4.79 Å². The van der Waals surface area contributed by atoms with Crippen LogP contribution in [0.25, 0.3) is 0 Å². The summed E-state index contributed by atoms with van der Waals surface area (Å²) in [5.41, 5.74) is 3.42. The zero-order valence-corrected chi connectivity index (χ0v) is 11.5. The van der Waals surface area contributed by atoms with Crippen molar-refractivity contribution < 1.29 is 4.79 Å². The van der Waals surface area contributed by atoms with Crippen molar-refractivity contribution >= 4 is 28.5 Å². The van der Waals surface area contributed by atoms with Gasteiger partial charge in [-0.15, -0.1) is 0 Å². The Morgan fingerprint density at radius 1 is 1.44 bits per heavy atom. The van der Waals surface area contributed by atoms with Gasteiger partial charge < -0.3 is 4.90 Å². The Labute approximate surface area is 109 Å². The van der Waals surface area contributed by atoms with E-state index >= 15 is 0 Å². The predicted molar refractivity (Wildman–Crippen MR) is 71.4 cm³/mol. The van der Waals surface area contributed by atoms with Crippen molar-refractivity contribution in [3.63, 3.8) is 0 Å². The van der Waals surface area contributed by atoms with Gasteiger partial charge >= 0.3 is 0 Å². The summed E-state index contributed by atoms with van der Waals surface area (Å²) in [6, 6.07) is 4.25. The van der Waals surface area contributed by atoms with E-state index in [1.165, 1.54) is 24.0 Å². The van der Waals surface area contributed by atoms with Crippen molar-refractivity contribution in [3.8, 4) is 0 Å². The standard InChI is InChI=1S/C13H14INO/c1-8-4-10-7-15(6-9-2-3-9)13(16)12(10)11(14)5-8/h4-5,9H,2-3,6-7H2,1H3. The molecule has 1 saturated carbocycles. The Hall–Kier alpha value is -0.580. The molecule has 1 aromatic carbocycles. The highest BCUT2D eigenvalue weighted by atomic mass is 127. The highest BCUT2D eigenvalue weighted by Gasteiger charge is 2.33. The number of carbonyl (C=O) groups excluding carboxylic acids is 1. The molecule has 0 saturated heterocycles. The van der Waals surface area contributed by atoms with E-state index in [9.17, 15) is 4.79 Å². The van der Waals surface area contributed by atoms with Crippen LogP contribution in [0.5, 0.6) is 0 Å². The summed E-state index contributed by atoms with van der Waals surface area (Å²) in [4.78, 5) is 14.2. The van der Waals surface area contributed by atoms with Crippen LogP contribution in [0.2, 0.25) is 0 Å². The van der Waals surface area contributed by atoms with Gasteiger partial charge in [0.05, 0.1) is 5.56 Å². The van der Waals surface area contributed by atoms with Gasteiger partial charge in [0.15, 0.2) is 0 Å². The minimum absolute atomic E-state index is 0.242. The van der Waals surface area contributed by atoms with Crippen molar-refractivity contribution in [1.29, 1.82) is 0 Å². The van der Waals surface area contributed by atoms with Crippen molar-refractivity contribution in [3.05, 3.63) is 32.4 Å². The van der Waals surface area contributed by atoms with Gasteiger partial charge in [0, 0.05) is 16.7 Å². The van der Waals surface area contributed by atoms with Gasteiger partial charge in [-0.25, -0.2) is 0 Å². The first-order chi connectivity index (χ1) is 7.65. The van der Waals surface area contributed by atoms with E-state index in [-0.39, 0.29) is 5.91 Å². The lowest BCUT2D eigenvalue weighted by Gasteiger charge is -2.14. The van der Waals surface area contributed by atoms with Gasteiger partial charge in [-0.1, -0.05) is 6.07 Å². The zero-order chi connectivity index (χ0) is 11.3. The second-order valence-corrected chi connectivity index (χ2v) is 6.07. The van der Waals surface area contributed by atoms with E-state index < -0.39 is 0 Å². The van der Waals surface area contributed by atoms with E-state index in [1.54, 1.807) is 0 Å². The second kappa shape index (κ2) is 3.72. The predicted octanol–water partition coefficient (Wildman–Crippen LogP) is 2.97. The molecule has 0 bridgehead atoms. The molecule has 1 heterocycles. The molecular formula is C13H14INO. The van der Waals surface area contributed by atoms with E-state index in [2.05, 4.69) is 41.6 Å². The number of benzene rings is 1. The lowest BCUT2D eigenvalue weighted by Crippen LogP contribution is -2.26. The summed E-state index contributed by atoms with van der Waals surface area (Å²) in [6.45, 7) is 3.88. The first kappa shape index (κ1) is 10.6. The van der Waals surface area contributed by atoms with Crippen LogP contribution in [-0.4, -0.2) is 17.4 Å². The molecule has 1 aliphatic carbocycles. The van der Waals surface area contributed by atoms with Crippen LogP contribution in [0.3, 0.4) is 0 Å². The van der Waals surface area contributed by atoms with Crippen LogP contribution in [0, 0.1) is 16.4 Å². The number of hydrogen-bond acceptors (Lipinski definition) is 1. The topological polar surface area (TPSA) is 20.3 Å². The molecule has 84 valence electrons. The molecule has 2 nitrogen and oxygen atoms in total. The van der Waals surface area contributed by atoms with E-state index in [0.29, 0.717) is 0 Å². The number of aryl methyl sites for hydroxylation is 1. The lowest BCUT2D eigenvalue weighted by molar-refractivity contribution is 0.0770. The largest absolute Gasteiger partial charge is 0.334 e. The number of amides is 1. The molecule has 0 N–H and O–H groups in total. The minimum atomic E-state index is 0.242. The van der Waals surface area contributed by atoms with Crippen molar-refractivity contribution in [2.45, 2.75) is 26.3 Å². The third-order valence-electron chi connectivity index (χ3n) is 3.35. The molecule has 1 aromatic rings. The molecule has 3 heteroatoms. The Morgan fingerprint density at radius 2 is 2.19 bits per heavy atom. The number of nitrogens with zero attached hydrogens (tertiary/aromatic N) is 1. The quantitative estimate of drug-likeness (QED) is 0.765. The van der Waals surface area contributed by atoms with Crippen LogP contribution < -0.4 is 0 Å². The highest BCUT2D eigenvalue weighted by molar-refractivity contribution is 14.1. The minimum Gasteiger partial charge on any atom is -0.334 e. The molecular weight excluding hydrogens is 313 g/mol. The average molecular weight is 327 g/mol. The summed E-state index contributed by atoms with van der Waals surface area (Å²) in [5.74, 6) is 1.02. The number of hydrogen-bond donors (Lipinski definition) is 0. The SMILES string of the molecule is Cc1cc(I)c2c(c1)CN(CC1CC1)C2=O. The zero-order valence-electron chi connectivity index (χ0n) is 9.29. The summed E-state index contributed by atoms with van der Waals surface area (Å²) in [7, 11) is 0. The van der Waals surface area contributed by atoms with Crippen molar-refractivity contribution in [1.82, 2.24) is 4.90 Å². The van der Waals surface area contributed by atoms with Gasteiger partial charge in [0.1, 0.15) is 0 Å².